The highest BCUT2D eigenvalue weighted by Gasteiger charge is 2.26. The van der Waals surface area contributed by atoms with E-state index in [9.17, 15) is 9.90 Å². The summed E-state index contributed by atoms with van der Waals surface area (Å²) >= 11 is 0. The zero-order chi connectivity index (χ0) is 12.1. The molecule has 0 aromatic heterocycles. The highest BCUT2D eigenvalue weighted by Crippen LogP contribution is 2.18. The van der Waals surface area contributed by atoms with E-state index in [0.717, 1.165) is 6.42 Å². The van der Waals surface area contributed by atoms with E-state index in [1.165, 1.54) is 0 Å². The summed E-state index contributed by atoms with van der Waals surface area (Å²) in [6, 6.07) is 0. The maximum Gasteiger partial charge on any atom is 0.222 e. The van der Waals surface area contributed by atoms with Crippen LogP contribution in [0.15, 0.2) is 0 Å². The van der Waals surface area contributed by atoms with Crippen LogP contribution in [0.2, 0.25) is 0 Å². The van der Waals surface area contributed by atoms with E-state index in [2.05, 4.69) is 13.8 Å². The lowest BCUT2D eigenvalue weighted by molar-refractivity contribution is -0.131. The van der Waals surface area contributed by atoms with Crippen molar-refractivity contribution >= 4 is 5.91 Å². The van der Waals surface area contributed by atoms with Gasteiger partial charge in [0.05, 0.1) is 6.10 Å². The number of β-amino-alcohol motifs (C(OH)–C–C–N with tert-alkyl or cyclic N) is 1. The maximum absolute atomic E-state index is 11.9. The largest absolute Gasteiger partial charge is 0.391 e. The molecule has 16 heavy (non-hydrogen) atoms. The number of carbonyl (C=O) groups excluding carboxylic acids is 1. The Bertz CT molecular complexity index is 231. The third-order valence-electron chi connectivity index (χ3n) is 3.12. The summed E-state index contributed by atoms with van der Waals surface area (Å²) in [5.74, 6) is 1.00. The van der Waals surface area contributed by atoms with Crippen LogP contribution in [0.25, 0.3) is 0 Å². The van der Waals surface area contributed by atoms with E-state index >= 15 is 0 Å². The van der Waals surface area contributed by atoms with Crippen molar-refractivity contribution in [1.82, 2.24) is 4.90 Å². The van der Waals surface area contributed by atoms with Crippen LogP contribution in [0.1, 0.15) is 33.1 Å². The zero-order valence-corrected chi connectivity index (χ0v) is 10.4. The number of likely N-dealkylation sites (tertiary alicyclic amines) is 1. The fourth-order valence-corrected chi connectivity index (χ4v) is 2.27. The Balaban J connectivity index is 2.36. The van der Waals surface area contributed by atoms with Crippen molar-refractivity contribution in [2.75, 3.05) is 19.6 Å². The van der Waals surface area contributed by atoms with Crippen LogP contribution in [0, 0.1) is 11.8 Å². The molecule has 0 spiro atoms. The monoisotopic (exact) mass is 228 g/mol. The van der Waals surface area contributed by atoms with Crippen LogP contribution in [0.5, 0.6) is 0 Å². The number of amides is 1. The summed E-state index contributed by atoms with van der Waals surface area (Å²) in [5, 5.41) is 9.37. The molecular weight excluding hydrogens is 204 g/mol. The Labute approximate surface area is 97.8 Å². The van der Waals surface area contributed by atoms with Gasteiger partial charge in [-0.15, -0.1) is 0 Å². The van der Waals surface area contributed by atoms with E-state index in [-0.39, 0.29) is 17.9 Å². The van der Waals surface area contributed by atoms with Gasteiger partial charge < -0.3 is 15.7 Å². The molecule has 1 heterocycles. The molecule has 3 N–H and O–H groups in total. The maximum atomic E-state index is 11.9. The van der Waals surface area contributed by atoms with Gasteiger partial charge in [-0.3, -0.25) is 4.79 Å². The van der Waals surface area contributed by atoms with Gasteiger partial charge >= 0.3 is 0 Å². The molecule has 0 bridgehead atoms. The lowest BCUT2D eigenvalue weighted by Crippen LogP contribution is -2.32. The number of rotatable bonds is 5. The first-order valence-corrected chi connectivity index (χ1v) is 6.18. The van der Waals surface area contributed by atoms with E-state index in [1.54, 1.807) is 4.90 Å². The summed E-state index contributed by atoms with van der Waals surface area (Å²) in [4.78, 5) is 13.7. The fourth-order valence-electron chi connectivity index (χ4n) is 2.27. The summed E-state index contributed by atoms with van der Waals surface area (Å²) in [7, 11) is 0. The molecule has 2 atom stereocenters. The van der Waals surface area contributed by atoms with Gasteiger partial charge in [0.25, 0.3) is 0 Å². The van der Waals surface area contributed by atoms with Gasteiger partial charge in [0.15, 0.2) is 0 Å². The molecule has 1 aliphatic heterocycles. The molecule has 0 aromatic rings. The Morgan fingerprint density at radius 3 is 2.69 bits per heavy atom. The molecule has 1 rings (SSSR count). The lowest BCUT2D eigenvalue weighted by Gasteiger charge is -2.21. The number of aliphatic hydroxyl groups is 1. The molecular formula is C12H24N2O2. The van der Waals surface area contributed by atoms with Gasteiger partial charge in [-0.25, -0.2) is 0 Å². The quantitative estimate of drug-likeness (QED) is 0.724. The number of carbonyl (C=O) groups is 1. The molecule has 0 aliphatic carbocycles. The Morgan fingerprint density at radius 2 is 2.25 bits per heavy atom. The second-order valence-electron chi connectivity index (χ2n) is 5.22. The molecule has 4 heteroatoms. The van der Waals surface area contributed by atoms with Crippen LogP contribution < -0.4 is 5.73 Å². The molecule has 0 saturated carbocycles. The first kappa shape index (κ1) is 13.5. The van der Waals surface area contributed by atoms with Crippen LogP contribution in [-0.4, -0.2) is 41.7 Å². The second-order valence-corrected chi connectivity index (χ2v) is 5.22. The third-order valence-corrected chi connectivity index (χ3v) is 3.12. The minimum absolute atomic E-state index is 0.146. The van der Waals surface area contributed by atoms with Crippen LogP contribution >= 0.6 is 0 Å². The Hall–Kier alpha value is -0.610. The van der Waals surface area contributed by atoms with Crippen LogP contribution in [0.4, 0.5) is 0 Å². The van der Waals surface area contributed by atoms with Crippen LogP contribution in [-0.2, 0) is 4.79 Å². The molecule has 4 nitrogen and oxygen atoms in total. The van der Waals surface area contributed by atoms with Crippen molar-refractivity contribution in [1.29, 1.82) is 0 Å². The van der Waals surface area contributed by atoms with E-state index in [4.69, 9.17) is 5.73 Å². The molecule has 94 valence electrons. The van der Waals surface area contributed by atoms with Crippen molar-refractivity contribution in [3.63, 3.8) is 0 Å². The van der Waals surface area contributed by atoms with Crippen molar-refractivity contribution in [3.05, 3.63) is 0 Å². The predicted molar refractivity (Wildman–Crippen MR) is 63.8 cm³/mol. The highest BCUT2D eigenvalue weighted by molar-refractivity contribution is 5.76. The van der Waals surface area contributed by atoms with E-state index in [1.807, 2.05) is 0 Å². The summed E-state index contributed by atoms with van der Waals surface area (Å²) in [5.41, 5.74) is 5.68. The van der Waals surface area contributed by atoms with Gasteiger partial charge in [0.1, 0.15) is 0 Å². The number of hydrogen-bond donors (Lipinski definition) is 2. The number of hydrogen-bond acceptors (Lipinski definition) is 3. The van der Waals surface area contributed by atoms with Gasteiger partial charge in [-0.2, -0.15) is 0 Å². The van der Waals surface area contributed by atoms with Crippen molar-refractivity contribution in [2.24, 2.45) is 17.6 Å². The minimum atomic E-state index is -0.328. The summed E-state index contributed by atoms with van der Waals surface area (Å²) < 4.78 is 0. The molecule has 1 amide bonds. The standard InChI is InChI=1S/C12H24N2O2/c1-9(2)5-10(7-13)6-12(16)14-4-3-11(15)8-14/h9-11,15H,3-8,13H2,1-2H3/t10?,11-/m0/s1. The Kier molecular flexibility index (Phi) is 5.22. The van der Waals surface area contributed by atoms with Gasteiger partial charge in [0, 0.05) is 19.5 Å². The summed E-state index contributed by atoms with van der Waals surface area (Å²) in [6.07, 6.45) is 1.91. The lowest BCUT2D eigenvalue weighted by atomic mass is 9.94. The topological polar surface area (TPSA) is 66.6 Å². The Morgan fingerprint density at radius 1 is 1.56 bits per heavy atom. The number of nitrogens with two attached hydrogens (primary N) is 1. The summed E-state index contributed by atoms with van der Waals surface area (Å²) in [6.45, 7) is 6.05. The molecule has 1 fully saturated rings. The molecule has 1 aliphatic rings. The predicted octanol–water partition coefficient (Wildman–Crippen LogP) is 0.591. The SMILES string of the molecule is CC(C)CC(CN)CC(=O)N1CC[C@H](O)C1. The van der Waals surface area contributed by atoms with Crippen LogP contribution in [0.3, 0.4) is 0 Å². The number of aliphatic hydroxyl groups excluding tert-OH is 1. The smallest absolute Gasteiger partial charge is 0.222 e. The van der Waals surface area contributed by atoms with Crippen molar-refractivity contribution < 1.29 is 9.90 Å². The first-order chi connectivity index (χ1) is 7.52. The number of nitrogens with zero attached hydrogens (tertiary/aromatic N) is 1. The molecule has 1 unspecified atom stereocenters. The third kappa shape index (κ3) is 4.10. The fraction of sp³-hybridized carbons (Fsp3) is 0.917. The molecule has 1 saturated heterocycles. The zero-order valence-electron chi connectivity index (χ0n) is 10.4. The van der Waals surface area contributed by atoms with Crippen molar-refractivity contribution in [3.8, 4) is 0 Å². The van der Waals surface area contributed by atoms with E-state index < -0.39 is 0 Å². The first-order valence-electron chi connectivity index (χ1n) is 6.18. The molecule has 0 aromatic carbocycles. The van der Waals surface area contributed by atoms with Crippen molar-refractivity contribution in [2.45, 2.75) is 39.2 Å². The highest BCUT2D eigenvalue weighted by atomic mass is 16.3. The van der Waals surface area contributed by atoms with E-state index in [0.29, 0.717) is 38.4 Å². The average molecular weight is 228 g/mol. The minimum Gasteiger partial charge on any atom is -0.391 e. The average Bonchev–Trinajstić information content (AvgIpc) is 2.63. The normalized spacial score (nSPS) is 22.8. The second kappa shape index (κ2) is 6.21. The van der Waals surface area contributed by atoms with Gasteiger partial charge in [-0.05, 0) is 31.2 Å². The van der Waals surface area contributed by atoms with Gasteiger partial charge in [0.2, 0.25) is 5.91 Å². The van der Waals surface area contributed by atoms with Gasteiger partial charge in [-0.1, -0.05) is 13.8 Å². The molecule has 0 radical (unpaired) electrons.